The Morgan fingerprint density at radius 1 is 1.08 bits per heavy atom. The molecule has 2 aromatic carbocycles. The van der Waals surface area contributed by atoms with E-state index in [-0.39, 0.29) is 0 Å². The van der Waals surface area contributed by atoms with Gasteiger partial charge in [-0.05, 0) is 50.2 Å². The molecule has 6 nitrogen and oxygen atoms in total. The van der Waals surface area contributed by atoms with Crippen LogP contribution in [0.5, 0.6) is 5.75 Å². The van der Waals surface area contributed by atoms with Crippen LogP contribution in [0.1, 0.15) is 19.4 Å². The number of nitrogens with zero attached hydrogens (tertiary/aromatic N) is 1. The normalized spacial score (nSPS) is 12.4. The van der Waals surface area contributed by atoms with Crippen molar-refractivity contribution in [1.29, 1.82) is 5.26 Å². The minimum absolute atomic E-state index is 0.386. The van der Waals surface area contributed by atoms with Crippen LogP contribution in [-0.2, 0) is 14.3 Å². The van der Waals surface area contributed by atoms with E-state index in [4.69, 9.17) is 26.3 Å². The van der Waals surface area contributed by atoms with Crippen molar-refractivity contribution in [2.24, 2.45) is 0 Å². The van der Waals surface area contributed by atoms with E-state index >= 15 is 0 Å². The van der Waals surface area contributed by atoms with E-state index in [2.05, 4.69) is 5.32 Å². The van der Waals surface area contributed by atoms with Crippen LogP contribution < -0.4 is 10.1 Å². The number of halogens is 1. The van der Waals surface area contributed by atoms with Gasteiger partial charge in [-0.1, -0.05) is 23.7 Å². The van der Waals surface area contributed by atoms with Gasteiger partial charge in [-0.25, -0.2) is 4.79 Å². The molecule has 0 aliphatic carbocycles. The molecule has 2 atom stereocenters. The summed E-state index contributed by atoms with van der Waals surface area (Å²) in [6, 6.07) is 15.1. The van der Waals surface area contributed by atoms with E-state index in [1.807, 2.05) is 6.07 Å². The molecule has 0 unspecified atom stereocenters. The first-order chi connectivity index (χ1) is 12.4. The summed E-state index contributed by atoms with van der Waals surface area (Å²) in [5.41, 5.74) is 0.918. The monoisotopic (exact) mass is 372 g/mol. The molecule has 26 heavy (non-hydrogen) atoms. The number of para-hydroxylation sites is 1. The summed E-state index contributed by atoms with van der Waals surface area (Å²) in [6.45, 7) is 2.97. The van der Waals surface area contributed by atoms with Gasteiger partial charge in [0.15, 0.2) is 12.2 Å². The molecular formula is C19H17ClN2O4. The second-order valence-electron chi connectivity index (χ2n) is 5.44. The Hall–Kier alpha value is -3.04. The second kappa shape index (κ2) is 8.88. The van der Waals surface area contributed by atoms with Gasteiger partial charge < -0.3 is 14.8 Å². The van der Waals surface area contributed by atoms with Crippen molar-refractivity contribution in [3.05, 3.63) is 59.1 Å². The van der Waals surface area contributed by atoms with Crippen molar-refractivity contribution >= 4 is 29.2 Å². The first-order valence-electron chi connectivity index (χ1n) is 7.83. The Bertz CT molecular complexity index is 830. The number of nitriles is 1. The maximum atomic E-state index is 12.1. The van der Waals surface area contributed by atoms with Gasteiger partial charge in [0, 0.05) is 0 Å². The first kappa shape index (κ1) is 19.3. The number of hydrogen-bond donors (Lipinski definition) is 1. The highest BCUT2D eigenvalue weighted by Gasteiger charge is 2.23. The Balaban J connectivity index is 1.89. The Kier molecular flexibility index (Phi) is 6.59. The van der Waals surface area contributed by atoms with E-state index in [9.17, 15) is 9.59 Å². The molecule has 0 saturated carbocycles. The quantitative estimate of drug-likeness (QED) is 0.783. The number of carbonyl (C=O) groups is 2. The standard InChI is InChI=1S/C19H17ClN2O4/c1-12(18(23)22-17-6-4-3-5-16(17)20)26-19(24)13(2)25-15-9-7-14(11-21)8-10-15/h3-10,12-13H,1-2H3,(H,22,23)/t12-,13+/m0/s1. The third kappa shape index (κ3) is 5.23. The number of anilines is 1. The van der Waals surface area contributed by atoms with Gasteiger partial charge >= 0.3 is 5.97 Å². The predicted molar refractivity (Wildman–Crippen MR) is 96.9 cm³/mol. The van der Waals surface area contributed by atoms with Crippen molar-refractivity contribution in [3.8, 4) is 11.8 Å². The molecule has 134 valence electrons. The van der Waals surface area contributed by atoms with E-state index in [0.717, 1.165) is 0 Å². The number of carbonyl (C=O) groups excluding carboxylic acids is 2. The van der Waals surface area contributed by atoms with Gasteiger partial charge in [0.1, 0.15) is 5.75 Å². The zero-order chi connectivity index (χ0) is 19.1. The summed E-state index contributed by atoms with van der Waals surface area (Å²) in [5, 5.41) is 11.7. The van der Waals surface area contributed by atoms with Gasteiger partial charge in [0.25, 0.3) is 5.91 Å². The molecule has 0 aromatic heterocycles. The van der Waals surface area contributed by atoms with E-state index in [1.54, 1.807) is 48.5 Å². The van der Waals surface area contributed by atoms with Gasteiger partial charge in [0.05, 0.1) is 22.3 Å². The SMILES string of the molecule is C[C@H](OC(=O)[C@@H](C)Oc1ccc(C#N)cc1)C(=O)Nc1ccccc1Cl. The molecule has 2 rings (SSSR count). The fourth-order valence-corrected chi connectivity index (χ4v) is 2.16. The van der Waals surface area contributed by atoms with Gasteiger partial charge in [-0.15, -0.1) is 0 Å². The topological polar surface area (TPSA) is 88.4 Å². The van der Waals surface area contributed by atoms with Crippen LogP contribution in [0.15, 0.2) is 48.5 Å². The lowest BCUT2D eigenvalue weighted by molar-refractivity contribution is -0.159. The van der Waals surface area contributed by atoms with Crippen LogP contribution in [0, 0.1) is 11.3 Å². The number of ether oxygens (including phenoxy) is 2. The molecule has 0 bridgehead atoms. The molecule has 0 heterocycles. The molecular weight excluding hydrogens is 356 g/mol. The molecule has 0 aliphatic rings. The largest absolute Gasteiger partial charge is 0.479 e. The van der Waals surface area contributed by atoms with Gasteiger partial charge in [-0.3, -0.25) is 4.79 Å². The number of amides is 1. The lowest BCUT2D eigenvalue weighted by Gasteiger charge is -2.18. The number of rotatable bonds is 6. The van der Waals surface area contributed by atoms with E-state index < -0.39 is 24.1 Å². The average molecular weight is 373 g/mol. The molecule has 0 saturated heterocycles. The lowest BCUT2D eigenvalue weighted by atomic mass is 10.2. The fourth-order valence-electron chi connectivity index (χ4n) is 1.98. The molecule has 0 fully saturated rings. The van der Waals surface area contributed by atoms with Crippen LogP contribution in [0.4, 0.5) is 5.69 Å². The predicted octanol–water partition coefficient (Wildman–Crippen LogP) is 3.55. The van der Waals surface area contributed by atoms with Crippen molar-refractivity contribution in [2.75, 3.05) is 5.32 Å². The zero-order valence-corrected chi connectivity index (χ0v) is 15.0. The van der Waals surface area contributed by atoms with Crippen molar-refractivity contribution in [2.45, 2.75) is 26.1 Å². The maximum absolute atomic E-state index is 12.1. The number of esters is 1. The lowest BCUT2D eigenvalue weighted by Crippen LogP contribution is -2.35. The highest BCUT2D eigenvalue weighted by atomic mass is 35.5. The van der Waals surface area contributed by atoms with Gasteiger partial charge in [0.2, 0.25) is 0 Å². The third-order valence-corrected chi connectivity index (χ3v) is 3.75. The summed E-state index contributed by atoms with van der Waals surface area (Å²) in [4.78, 5) is 24.2. The Labute approximate surface area is 156 Å². The summed E-state index contributed by atoms with van der Waals surface area (Å²) in [5.74, 6) is -0.769. The highest BCUT2D eigenvalue weighted by molar-refractivity contribution is 6.33. The van der Waals surface area contributed by atoms with Crippen LogP contribution >= 0.6 is 11.6 Å². The molecule has 2 aromatic rings. The van der Waals surface area contributed by atoms with Crippen LogP contribution in [0.2, 0.25) is 5.02 Å². The zero-order valence-electron chi connectivity index (χ0n) is 14.2. The Morgan fingerprint density at radius 2 is 1.73 bits per heavy atom. The Morgan fingerprint density at radius 3 is 2.35 bits per heavy atom. The van der Waals surface area contributed by atoms with Crippen LogP contribution in [0.25, 0.3) is 0 Å². The molecule has 0 aliphatic heterocycles. The minimum atomic E-state index is -1.02. The maximum Gasteiger partial charge on any atom is 0.347 e. The number of benzene rings is 2. The minimum Gasteiger partial charge on any atom is -0.479 e. The summed E-state index contributed by atoms with van der Waals surface area (Å²) >= 11 is 5.98. The molecule has 7 heteroatoms. The molecule has 0 radical (unpaired) electrons. The first-order valence-corrected chi connectivity index (χ1v) is 8.21. The van der Waals surface area contributed by atoms with Gasteiger partial charge in [-0.2, -0.15) is 5.26 Å². The summed E-state index contributed by atoms with van der Waals surface area (Å²) < 4.78 is 10.6. The van der Waals surface area contributed by atoms with Crippen molar-refractivity contribution < 1.29 is 19.1 Å². The molecule has 0 spiro atoms. The number of nitrogens with one attached hydrogen (secondary N) is 1. The van der Waals surface area contributed by atoms with Crippen LogP contribution in [0.3, 0.4) is 0 Å². The number of hydrogen-bond acceptors (Lipinski definition) is 5. The van der Waals surface area contributed by atoms with Crippen molar-refractivity contribution in [1.82, 2.24) is 0 Å². The molecule has 1 amide bonds. The van der Waals surface area contributed by atoms with Crippen molar-refractivity contribution in [3.63, 3.8) is 0 Å². The van der Waals surface area contributed by atoms with E-state index in [0.29, 0.717) is 22.0 Å². The van der Waals surface area contributed by atoms with E-state index in [1.165, 1.54) is 13.8 Å². The smallest absolute Gasteiger partial charge is 0.347 e. The average Bonchev–Trinajstić information content (AvgIpc) is 2.64. The summed E-state index contributed by atoms with van der Waals surface area (Å²) in [6.07, 6.45) is -1.94. The fraction of sp³-hybridized carbons (Fsp3) is 0.211. The highest BCUT2D eigenvalue weighted by Crippen LogP contribution is 2.21. The third-order valence-electron chi connectivity index (χ3n) is 3.42. The molecule has 1 N–H and O–H groups in total. The van der Waals surface area contributed by atoms with Crippen LogP contribution in [-0.4, -0.2) is 24.1 Å². The second-order valence-corrected chi connectivity index (χ2v) is 5.85. The summed E-state index contributed by atoms with van der Waals surface area (Å²) in [7, 11) is 0.